The highest BCUT2D eigenvalue weighted by Crippen LogP contribution is 2.36. The van der Waals surface area contributed by atoms with E-state index in [0.29, 0.717) is 22.6 Å². The fourth-order valence-corrected chi connectivity index (χ4v) is 3.35. The van der Waals surface area contributed by atoms with Crippen molar-refractivity contribution in [3.63, 3.8) is 0 Å². The first-order chi connectivity index (χ1) is 12.5. The van der Waals surface area contributed by atoms with E-state index in [2.05, 4.69) is 10.1 Å². The number of aryl methyl sites for hydroxylation is 1. The second kappa shape index (κ2) is 6.07. The number of carbonyl (C=O) groups excluding carboxylic acids is 1. The van der Waals surface area contributed by atoms with E-state index < -0.39 is 5.82 Å². The number of nitrogens with zero attached hydrogens (tertiary/aromatic N) is 4. The predicted molar refractivity (Wildman–Crippen MR) is 98.3 cm³/mol. The van der Waals surface area contributed by atoms with Crippen LogP contribution in [0.15, 0.2) is 48.8 Å². The molecule has 4 rings (SSSR count). The Bertz CT molecular complexity index is 1160. The van der Waals surface area contributed by atoms with Gasteiger partial charge in [-0.3, -0.25) is 9.36 Å². The third-order valence-electron chi connectivity index (χ3n) is 4.22. The predicted octanol–water partition coefficient (Wildman–Crippen LogP) is 4.65. The minimum Gasteiger partial charge on any atom is -0.282 e. The Kier molecular flexibility index (Phi) is 3.85. The Labute approximate surface area is 153 Å². The summed E-state index contributed by atoms with van der Waals surface area (Å²) < 4.78 is 16.6. The molecule has 2 aromatic heterocycles. The van der Waals surface area contributed by atoms with Gasteiger partial charge < -0.3 is 0 Å². The molecule has 5 nitrogen and oxygen atoms in total. The van der Waals surface area contributed by atoms with Gasteiger partial charge in [-0.25, -0.2) is 9.37 Å². The van der Waals surface area contributed by atoms with Gasteiger partial charge in [0.15, 0.2) is 5.82 Å². The summed E-state index contributed by atoms with van der Waals surface area (Å²) in [4.78, 5) is 16.6. The minimum atomic E-state index is -0.426. The van der Waals surface area contributed by atoms with Crippen LogP contribution >= 0.6 is 11.6 Å². The van der Waals surface area contributed by atoms with Crippen LogP contribution in [0.3, 0.4) is 0 Å². The van der Waals surface area contributed by atoms with Gasteiger partial charge in [-0.05, 0) is 37.3 Å². The zero-order valence-corrected chi connectivity index (χ0v) is 14.8. The van der Waals surface area contributed by atoms with Crippen molar-refractivity contribution in [2.24, 2.45) is 0 Å². The lowest BCUT2D eigenvalue weighted by molar-refractivity contribution is 0.0921. The molecule has 0 saturated carbocycles. The van der Waals surface area contributed by atoms with Crippen molar-refractivity contribution in [2.75, 3.05) is 0 Å². The van der Waals surface area contributed by atoms with E-state index in [1.807, 2.05) is 24.3 Å². The molecule has 0 atom stereocenters. The molecule has 0 N–H and O–H groups in total. The smallest absolute Gasteiger partial charge is 0.245 e. The number of aromatic nitrogens is 4. The van der Waals surface area contributed by atoms with Crippen LogP contribution in [0.5, 0.6) is 0 Å². The third kappa shape index (κ3) is 2.50. The lowest BCUT2D eigenvalue weighted by atomic mass is 10.1. The van der Waals surface area contributed by atoms with Crippen molar-refractivity contribution >= 4 is 28.5 Å². The third-order valence-corrected chi connectivity index (χ3v) is 4.53. The zero-order chi connectivity index (χ0) is 18.4. The van der Waals surface area contributed by atoms with Crippen LogP contribution in [0.4, 0.5) is 4.39 Å². The molecule has 0 saturated heterocycles. The van der Waals surface area contributed by atoms with Gasteiger partial charge in [-0.15, -0.1) is 0 Å². The SMILES string of the molecule is CC(=O)n1nc(C)c(-c2ccc(F)cc2Cl)c1-n1cnc2ccccc21. The molecule has 4 aromatic rings. The Morgan fingerprint density at radius 2 is 1.96 bits per heavy atom. The van der Waals surface area contributed by atoms with Gasteiger partial charge in [-0.1, -0.05) is 23.7 Å². The molecule has 0 bridgehead atoms. The Morgan fingerprint density at radius 1 is 1.19 bits per heavy atom. The Morgan fingerprint density at radius 3 is 2.69 bits per heavy atom. The first-order valence-corrected chi connectivity index (χ1v) is 8.33. The molecule has 0 aliphatic carbocycles. The second-order valence-electron chi connectivity index (χ2n) is 5.94. The number of benzene rings is 2. The van der Waals surface area contributed by atoms with E-state index in [1.54, 1.807) is 23.9 Å². The van der Waals surface area contributed by atoms with Gasteiger partial charge in [0.1, 0.15) is 12.1 Å². The Balaban J connectivity index is 2.09. The number of hydrogen-bond acceptors (Lipinski definition) is 3. The van der Waals surface area contributed by atoms with Crippen molar-refractivity contribution in [1.82, 2.24) is 19.3 Å². The lowest BCUT2D eigenvalue weighted by Gasteiger charge is -2.11. The summed E-state index contributed by atoms with van der Waals surface area (Å²) in [5, 5.41) is 4.63. The number of rotatable bonds is 2. The molecule has 0 unspecified atom stereocenters. The molecule has 26 heavy (non-hydrogen) atoms. The maximum atomic E-state index is 13.5. The highest BCUT2D eigenvalue weighted by Gasteiger charge is 2.23. The Hall–Kier alpha value is -2.99. The van der Waals surface area contributed by atoms with Crippen LogP contribution in [-0.4, -0.2) is 25.2 Å². The molecule has 130 valence electrons. The first kappa shape index (κ1) is 16.5. The number of imidazole rings is 1. The summed E-state index contributed by atoms with van der Waals surface area (Å²) in [6, 6.07) is 11.8. The number of hydrogen-bond donors (Lipinski definition) is 0. The van der Waals surface area contributed by atoms with E-state index in [-0.39, 0.29) is 10.9 Å². The zero-order valence-electron chi connectivity index (χ0n) is 14.1. The molecule has 0 amide bonds. The number of fused-ring (bicyclic) bond motifs is 1. The summed E-state index contributed by atoms with van der Waals surface area (Å²) in [6.45, 7) is 3.22. The van der Waals surface area contributed by atoms with Crippen LogP contribution in [0.25, 0.3) is 28.0 Å². The van der Waals surface area contributed by atoms with E-state index in [1.165, 1.54) is 23.7 Å². The molecular weight excluding hydrogens is 355 g/mol. The van der Waals surface area contributed by atoms with Crippen molar-refractivity contribution in [2.45, 2.75) is 13.8 Å². The highest BCUT2D eigenvalue weighted by atomic mass is 35.5. The topological polar surface area (TPSA) is 52.7 Å². The van der Waals surface area contributed by atoms with Gasteiger partial charge in [-0.2, -0.15) is 9.78 Å². The standard InChI is InChI=1S/C19H14ClFN4O/c1-11-18(14-8-7-13(21)9-15(14)20)19(25(23-11)12(2)26)24-10-22-16-5-3-4-6-17(16)24/h3-10H,1-2H3. The van der Waals surface area contributed by atoms with Crippen molar-refractivity contribution in [3.05, 3.63) is 65.3 Å². The van der Waals surface area contributed by atoms with Gasteiger partial charge in [0.2, 0.25) is 5.91 Å². The summed E-state index contributed by atoms with van der Waals surface area (Å²) in [5.74, 6) is -0.146. The van der Waals surface area contributed by atoms with Gasteiger partial charge in [0, 0.05) is 18.1 Å². The van der Waals surface area contributed by atoms with Crippen LogP contribution < -0.4 is 0 Å². The molecule has 0 aliphatic rings. The average Bonchev–Trinajstić information content (AvgIpc) is 3.16. The summed E-state index contributed by atoms with van der Waals surface area (Å²) in [7, 11) is 0. The maximum absolute atomic E-state index is 13.5. The minimum absolute atomic E-state index is 0.245. The number of halogens is 2. The van der Waals surface area contributed by atoms with Crippen LogP contribution in [0.1, 0.15) is 17.4 Å². The normalized spacial score (nSPS) is 11.2. The van der Waals surface area contributed by atoms with E-state index in [4.69, 9.17) is 11.6 Å². The molecule has 2 aromatic carbocycles. The second-order valence-corrected chi connectivity index (χ2v) is 6.35. The molecule has 2 heterocycles. The van der Waals surface area contributed by atoms with Gasteiger partial charge >= 0.3 is 0 Å². The molecule has 7 heteroatoms. The number of carbonyl (C=O) groups is 1. The van der Waals surface area contributed by atoms with E-state index in [9.17, 15) is 9.18 Å². The number of para-hydroxylation sites is 2. The fraction of sp³-hybridized carbons (Fsp3) is 0.105. The lowest BCUT2D eigenvalue weighted by Crippen LogP contribution is -2.13. The highest BCUT2D eigenvalue weighted by molar-refractivity contribution is 6.33. The molecule has 0 fully saturated rings. The summed E-state index contributed by atoms with van der Waals surface area (Å²) in [6.07, 6.45) is 1.64. The van der Waals surface area contributed by atoms with Crippen molar-refractivity contribution in [1.29, 1.82) is 0 Å². The summed E-state index contributed by atoms with van der Waals surface area (Å²) in [5.41, 5.74) is 3.49. The van der Waals surface area contributed by atoms with Crippen LogP contribution in [0.2, 0.25) is 5.02 Å². The monoisotopic (exact) mass is 368 g/mol. The van der Waals surface area contributed by atoms with Crippen LogP contribution in [-0.2, 0) is 0 Å². The largest absolute Gasteiger partial charge is 0.282 e. The van der Waals surface area contributed by atoms with E-state index in [0.717, 1.165) is 11.0 Å². The summed E-state index contributed by atoms with van der Waals surface area (Å²) >= 11 is 6.29. The quantitative estimate of drug-likeness (QED) is 0.517. The van der Waals surface area contributed by atoms with Crippen molar-refractivity contribution in [3.8, 4) is 16.9 Å². The van der Waals surface area contributed by atoms with Gasteiger partial charge in [0.25, 0.3) is 0 Å². The first-order valence-electron chi connectivity index (χ1n) is 7.96. The van der Waals surface area contributed by atoms with Crippen molar-refractivity contribution < 1.29 is 9.18 Å². The van der Waals surface area contributed by atoms with Gasteiger partial charge in [0.05, 0.1) is 21.7 Å². The average molecular weight is 369 g/mol. The molecule has 0 spiro atoms. The van der Waals surface area contributed by atoms with E-state index >= 15 is 0 Å². The van der Waals surface area contributed by atoms with Crippen LogP contribution in [0, 0.1) is 12.7 Å². The fourth-order valence-electron chi connectivity index (χ4n) is 3.09. The molecule has 0 radical (unpaired) electrons. The molecular formula is C19H14ClFN4O. The molecule has 0 aliphatic heterocycles. The maximum Gasteiger partial charge on any atom is 0.245 e.